The van der Waals surface area contributed by atoms with E-state index in [0.717, 1.165) is 24.2 Å². The van der Waals surface area contributed by atoms with E-state index in [9.17, 15) is 9.59 Å². The highest BCUT2D eigenvalue weighted by Crippen LogP contribution is 2.22. The van der Waals surface area contributed by atoms with E-state index in [1.165, 1.54) is 0 Å². The van der Waals surface area contributed by atoms with E-state index in [0.29, 0.717) is 23.7 Å². The van der Waals surface area contributed by atoms with Gasteiger partial charge in [-0.05, 0) is 30.7 Å². The van der Waals surface area contributed by atoms with Crippen molar-refractivity contribution in [1.82, 2.24) is 4.90 Å². The summed E-state index contributed by atoms with van der Waals surface area (Å²) in [5.41, 5.74) is 1.66. The molecule has 0 saturated carbocycles. The largest absolute Gasteiger partial charge is 0.490 e. The average molecular weight is 386 g/mol. The molecule has 0 atom stereocenters. The van der Waals surface area contributed by atoms with Crippen LogP contribution < -0.4 is 4.74 Å². The molecule has 27 heavy (non-hydrogen) atoms. The van der Waals surface area contributed by atoms with Crippen molar-refractivity contribution in [2.75, 3.05) is 13.1 Å². The lowest BCUT2D eigenvalue weighted by molar-refractivity contribution is -0.132. The number of halogens is 1. The van der Waals surface area contributed by atoms with E-state index >= 15 is 0 Å². The highest BCUT2D eigenvalue weighted by atomic mass is 35.5. The van der Waals surface area contributed by atoms with Gasteiger partial charge < -0.3 is 9.64 Å². The zero-order valence-corrected chi connectivity index (χ0v) is 16.2. The molecule has 5 heteroatoms. The summed E-state index contributed by atoms with van der Waals surface area (Å²) in [6, 6.07) is 14.9. The Hall–Kier alpha value is -2.33. The molecule has 1 fully saturated rings. The van der Waals surface area contributed by atoms with Crippen molar-refractivity contribution >= 4 is 23.3 Å². The average Bonchev–Trinajstić information content (AvgIpc) is 2.67. The summed E-state index contributed by atoms with van der Waals surface area (Å²) in [6.07, 6.45) is 2.16. The molecule has 1 aliphatic heterocycles. The van der Waals surface area contributed by atoms with Crippen LogP contribution in [0, 0.1) is 6.92 Å². The minimum Gasteiger partial charge on any atom is -0.490 e. The number of rotatable bonds is 6. The lowest BCUT2D eigenvalue weighted by atomic mass is 10.0. The van der Waals surface area contributed by atoms with E-state index in [1.54, 1.807) is 6.07 Å². The number of likely N-dealkylation sites (tertiary alicyclic amines) is 1. The van der Waals surface area contributed by atoms with Gasteiger partial charge in [0.2, 0.25) is 5.91 Å². The van der Waals surface area contributed by atoms with E-state index < -0.39 is 0 Å². The maximum atomic E-state index is 12.4. The molecule has 0 bridgehead atoms. The molecule has 0 aromatic heterocycles. The Kier molecular flexibility index (Phi) is 6.51. The molecular formula is C22H24ClNO3. The third kappa shape index (κ3) is 5.33. The maximum absolute atomic E-state index is 12.4. The molecule has 0 unspecified atom stereocenters. The SMILES string of the molecule is Cc1ccccc1C(=O)CCC(=O)N1CCC(Oc2cccc(Cl)c2)CC1. The van der Waals surface area contributed by atoms with Crippen LogP contribution >= 0.6 is 11.6 Å². The molecule has 3 rings (SSSR count). The van der Waals surface area contributed by atoms with Crippen LogP contribution in [0.4, 0.5) is 0 Å². The molecule has 0 radical (unpaired) electrons. The van der Waals surface area contributed by atoms with Gasteiger partial charge in [0, 0.05) is 49.4 Å². The van der Waals surface area contributed by atoms with Gasteiger partial charge in [-0.2, -0.15) is 0 Å². The number of ether oxygens (including phenoxy) is 1. The van der Waals surface area contributed by atoms with Gasteiger partial charge in [-0.15, -0.1) is 0 Å². The van der Waals surface area contributed by atoms with Crippen LogP contribution in [-0.4, -0.2) is 35.8 Å². The highest BCUT2D eigenvalue weighted by Gasteiger charge is 2.24. The third-order valence-electron chi connectivity index (χ3n) is 4.90. The topological polar surface area (TPSA) is 46.6 Å². The normalized spacial score (nSPS) is 14.8. The molecule has 0 spiro atoms. The number of Topliss-reactive ketones (excluding diaryl/α,β-unsaturated/α-hetero) is 1. The molecule has 1 aliphatic rings. The minimum atomic E-state index is 0.0284. The van der Waals surface area contributed by atoms with Crippen molar-refractivity contribution < 1.29 is 14.3 Å². The molecule has 4 nitrogen and oxygen atoms in total. The van der Waals surface area contributed by atoms with Crippen molar-refractivity contribution in [3.05, 3.63) is 64.7 Å². The van der Waals surface area contributed by atoms with Gasteiger partial charge in [0.1, 0.15) is 11.9 Å². The molecule has 0 N–H and O–H groups in total. The number of hydrogen-bond donors (Lipinski definition) is 0. The monoisotopic (exact) mass is 385 g/mol. The fourth-order valence-corrected chi connectivity index (χ4v) is 3.54. The third-order valence-corrected chi connectivity index (χ3v) is 5.14. The van der Waals surface area contributed by atoms with E-state index in [2.05, 4.69) is 0 Å². The number of benzene rings is 2. The summed E-state index contributed by atoms with van der Waals surface area (Å²) >= 11 is 5.98. The summed E-state index contributed by atoms with van der Waals surface area (Å²) in [4.78, 5) is 26.6. The van der Waals surface area contributed by atoms with Gasteiger partial charge in [0.15, 0.2) is 5.78 Å². The van der Waals surface area contributed by atoms with Gasteiger partial charge in [0.25, 0.3) is 0 Å². The molecular weight excluding hydrogens is 362 g/mol. The van der Waals surface area contributed by atoms with Gasteiger partial charge in [-0.1, -0.05) is 41.9 Å². The van der Waals surface area contributed by atoms with Crippen molar-refractivity contribution in [1.29, 1.82) is 0 Å². The van der Waals surface area contributed by atoms with Gasteiger partial charge in [-0.25, -0.2) is 0 Å². The van der Waals surface area contributed by atoms with E-state index in [4.69, 9.17) is 16.3 Å². The number of hydrogen-bond acceptors (Lipinski definition) is 3. The van der Waals surface area contributed by atoms with E-state index in [-0.39, 0.29) is 30.6 Å². The Balaban J connectivity index is 1.44. The van der Waals surface area contributed by atoms with Crippen LogP contribution in [0.2, 0.25) is 5.02 Å². The van der Waals surface area contributed by atoms with Crippen molar-refractivity contribution in [2.45, 2.75) is 38.7 Å². The molecule has 1 saturated heterocycles. The van der Waals surface area contributed by atoms with Crippen LogP contribution in [0.3, 0.4) is 0 Å². The first kappa shape index (κ1) is 19.4. The fraction of sp³-hybridized carbons (Fsp3) is 0.364. The van der Waals surface area contributed by atoms with Gasteiger partial charge in [-0.3, -0.25) is 9.59 Å². The fourth-order valence-electron chi connectivity index (χ4n) is 3.35. The zero-order valence-electron chi connectivity index (χ0n) is 15.5. The van der Waals surface area contributed by atoms with Crippen molar-refractivity contribution in [3.8, 4) is 5.75 Å². The van der Waals surface area contributed by atoms with Crippen molar-refractivity contribution in [3.63, 3.8) is 0 Å². The Labute approximate surface area is 165 Å². The quantitative estimate of drug-likeness (QED) is 0.678. The van der Waals surface area contributed by atoms with Crippen LogP contribution in [0.1, 0.15) is 41.6 Å². The summed E-state index contributed by atoms with van der Waals surface area (Å²) in [5, 5.41) is 0.651. The Morgan fingerprint density at radius 3 is 2.52 bits per heavy atom. The summed E-state index contributed by atoms with van der Waals surface area (Å²) in [7, 11) is 0. The number of nitrogens with zero attached hydrogens (tertiary/aromatic N) is 1. The van der Waals surface area contributed by atoms with Crippen LogP contribution in [0.5, 0.6) is 5.75 Å². The molecule has 2 aromatic carbocycles. The number of piperidine rings is 1. The van der Waals surface area contributed by atoms with Gasteiger partial charge in [0.05, 0.1) is 0 Å². The molecule has 0 aliphatic carbocycles. The molecule has 2 aromatic rings. The number of carbonyl (C=O) groups is 2. The standard InChI is InChI=1S/C22H24ClNO3/c1-16-5-2-3-8-20(16)21(25)9-10-22(26)24-13-11-18(12-14-24)27-19-7-4-6-17(23)15-19/h2-8,15,18H,9-14H2,1H3. The highest BCUT2D eigenvalue weighted by molar-refractivity contribution is 6.30. The molecule has 142 valence electrons. The van der Waals surface area contributed by atoms with Crippen LogP contribution in [0.25, 0.3) is 0 Å². The van der Waals surface area contributed by atoms with Gasteiger partial charge >= 0.3 is 0 Å². The summed E-state index contributed by atoms with van der Waals surface area (Å²) in [5.74, 6) is 0.829. The predicted molar refractivity (Wildman–Crippen MR) is 106 cm³/mol. The lowest BCUT2D eigenvalue weighted by Crippen LogP contribution is -2.41. The molecule has 1 amide bonds. The number of aryl methyl sites for hydroxylation is 1. The van der Waals surface area contributed by atoms with Crippen LogP contribution in [-0.2, 0) is 4.79 Å². The Morgan fingerprint density at radius 2 is 1.81 bits per heavy atom. The van der Waals surface area contributed by atoms with Crippen LogP contribution in [0.15, 0.2) is 48.5 Å². The minimum absolute atomic E-state index is 0.0284. The summed E-state index contributed by atoms with van der Waals surface area (Å²) < 4.78 is 5.96. The zero-order chi connectivity index (χ0) is 19.2. The predicted octanol–water partition coefficient (Wildman–Crippen LogP) is 4.68. The Bertz CT molecular complexity index is 813. The first-order valence-electron chi connectivity index (χ1n) is 9.32. The second-order valence-corrected chi connectivity index (χ2v) is 7.33. The summed E-state index contributed by atoms with van der Waals surface area (Å²) in [6.45, 7) is 3.23. The van der Waals surface area contributed by atoms with E-state index in [1.807, 2.05) is 54.3 Å². The first-order valence-corrected chi connectivity index (χ1v) is 9.69. The lowest BCUT2D eigenvalue weighted by Gasteiger charge is -2.32. The maximum Gasteiger partial charge on any atom is 0.223 e. The second kappa shape index (κ2) is 9.05. The number of ketones is 1. The number of carbonyl (C=O) groups excluding carboxylic acids is 2. The molecule has 1 heterocycles. The smallest absolute Gasteiger partial charge is 0.223 e. The second-order valence-electron chi connectivity index (χ2n) is 6.89. The van der Waals surface area contributed by atoms with Crippen molar-refractivity contribution in [2.24, 2.45) is 0 Å². The first-order chi connectivity index (χ1) is 13.0. The number of amides is 1. The Morgan fingerprint density at radius 1 is 1.07 bits per heavy atom.